The van der Waals surface area contributed by atoms with Crippen molar-refractivity contribution in [2.24, 2.45) is 5.73 Å². The number of fused-ring (bicyclic) bond motifs is 1. The molecule has 3 nitrogen and oxygen atoms in total. The maximum Gasteiger partial charge on any atom is 0.241 e. The molecule has 0 aromatic heterocycles. The fourth-order valence-electron chi connectivity index (χ4n) is 3.04. The second-order valence-corrected chi connectivity index (χ2v) is 6.11. The number of hydrogen-bond acceptors (Lipinski definition) is 2. The lowest BCUT2D eigenvalue weighted by Gasteiger charge is -2.26. The van der Waals surface area contributed by atoms with E-state index in [9.17, 15) is 4.79 Å². The minimum Gasteiger partial charge on any atom is -0.351 e. The molecule has 0 bridgehead atoms. The van der Waals surface area contributed by atoms with E-state index in [2.05, 4.69) is 29.6 Å². The molecule has 3 N–H and O–H groups in total. The van der Waals surface area contributed by atoms with E-state index in [4.69, 9.17) is 5.73 Å². The molecule has 2 atom stereocenters. The van der Waals surface area contributed by atoms with Crippen LogP contribution in [0.2, 0.25) is 0 Å². The molecule has 0 aliphatic heterocycles. The van der Waals surface area contributed by atoms with Gasteiger partial charge in [-0.05, 0) is 42.9 Å². The van der Waals surface area contributed by atoms with E-state index in [0.717, 1.165) is 24.8 Å². The fourth-order valence-corrected chi connectivity index (χ4v) is 3.04. The summed E-state index contributed by atoms with van der Waals surface area (Å²) in [7, 11) is 0. The first kappa shape index (κ1) is 14.8. The Labute approximate surface area is 131 Å². The molecule has 3 rings (SSSR count). The molecule has 2 unspecified atom stereocenters. The molecule has 0 fully saturated rings. The third-order valence-corrected chi connectivity index (χ3v) is 4.41. The first-order chi connectivity index (χ1) is 10.6. The predicted molar refractivity (Wildman–Crippen MR) is 88.5 cm³/mol. The van der Waals surface area contributed by atoms with Crippen molar-refractivity contribution < 1.29 is 4.79 Å². The molecule has 1 amide bonds. The van der Waals surface area contributed by atoms with Gasteiger partial charge in [-0.2, -0.15) is 0 Å². The van der Waals surface area contributed by atoms with Gasteiger partial charge in [0.25, 0.3) is 0 Å². The van der Waals surface area contributed by atoms with Crippen molar-refractivity contribution in [3.8, 4) is 0 Å². The minimum atomic E-state index is -0.599. The van der Waals surface area contributed by atoms with Crippen molar-refractivity contribution in [1.82, 2.24) is 5.32 Å². The normalized spacial score (nSPS) is 18.4. The van der Waals surface area contributed by atoms with Crippen molar-refractivity contribution in [2.75, 3.05) is 0 Å². The largest absolute Gasteiger partial charge is 0.351 e. The summed E-state index contributed by atoms with van der Waals surface area (Å²) in [6.45, 7) is 2.02. The van der Waals surface area contributed by atoms with E-state index in [1.54, 1.807) is 0 Å². The maximum atomic E-state index is 12.4. The Hall–Kier alpha value is -2.13. The van der Waals surface area contributed by atoms with Crippen LogP contribution in [-0.4, -0.2) is 11.9 Å². The van der Waals surface area contributed by atoms with Gasteiger partial charge in [-0.1, -0.05) is 54.1 Å². The molecule has 114 valence electrons. The topological polar surface area (TPSA) is 55.1 Å². The second-order valence-electron chi connectivity index (χ2n) is 6.11. The molecule has 3 heteroatoms. The van der Waals surface area contributed by atoms with Crippen LogP contribution >= 0.6 is 0 Å². The Morgan fingerprint density at radius 2 is 1.82 bits per heavy atom. The van der Waals surface area contributed by atoms with E-state index in [1.165, 1.54) is 16.7 Å². The average Bonchev–Trinajstić information content (AvgIpc) is 2.55. The highest BCUT2D eigenvalue weighted by molar-refractivity contribution is 5.83. The third-order valence-electron chi connectivity index (χ3n) is 4.41. The molecular formula is C19H22N2O. The fraction of sp³-hybridized carbons (Fsp3) is 0.316. The van der Waals surface area contributed by atoms with Crippen molar-refractivity contribution >= 4 is 5.91 Å². The van der Waals surface area contributed by atoms with Crippen LogP contribution in [0, 0.1) is 6.92 Å². The number of nitrogens with two attached hydrogens (primary N) is 1. The van der Waals surface area contributed by atoms with Gasteiger partial charge in [0.05, 0.1) is 0 Å². The van der Waals surface area contributed by atoms with Gasteiger partial charge in [0, 0.05) is 6.04 Å². The van der Waals surface area contributed by atoms with Gasteiger partial charge >= 0.3 is 0 Å². The maximum absolute atomic E-state index is 12.4. The zero-order chi connectivity index (χ0) is 15.5. The van der Waals surface area contributed by atoms with Gasteiger partial charge < -0.3 is 11.1 Å². The first-order valence-corrected chi connectivity index (χ1v) is 7.83. The van der Waals surface area contributed by atoms with E-state index in [1.807, 2.05) is 31.2 Å². The predicted octanol–water partition coefficient (Wildman–Crippen LogP) is 2.67. The summed E-state index contributed by atoms with van der Waals surface area (Å²) in [6.07, 6.45) is 2.88. The number of carbonyl (C=O) groups is 1. The van der Waals surface area contributed by atoms with Crippen LogP contribution in [0.5, 0.6) is 0 Å². The monoisotopic (exact) mass is 294 g/mol. The Morgan fingerprint density at radius 1 is 1.14 bits per heavy atom. The Morgan fingerprint density at radius 3 is 2.55 bits per heavy atom. The molecule has 0 radical (unpaired) electrons. The molecule has 0 spiro atoms. The van der Waals surface area contributed by atoms with Crippen molar-refractivity contribution in [1.29, 1.82) is 0 Å². The number of benzene rings is 2. The van der Waals surface area contributed by atoms with Crippen LogP contribution in [0.25, 0.3) is 0 Å². The van der Waals surface area contributed by atoms with Crippen molar-refractivity contribution in [2.45, 2.75) is 38.3 Å². The van der Waals surface area contributed by atoms with E-state index >= 15 is 0 Å². The molecule has 0 saturated carbocycles. The summed E-state index contributed by atoms with van der Waals surface area (Å²) in [5.41, 5.74) is 10.9. The summed E-state index contributed by atoms with van der Waals surface area (Å²) in [5.74, 6) is -0.0896. The SMILES string of the molecule is Cc1ccc(C(N)C(=O)NC2CCc3ccccc3C2)cc1. The molecule has 1 aliphatic rings. The lowest BCUT2D eigenvalue weighted by atomic mass is 9.88. The van der Waals surface area contributed by atoms with E-state index in [0.29, 0.717) is 0 Å². The third kappa shape index (κ3) is 3.20. The molecule has 2 aromatic rings. The summed E-state index contributed by atoms with van der Waals surface area (Å²) in [6, 6.07) is 15.9. The standard InChI is InChI=1S/C19H22N2O/c1-13-6-8-15(9-7-13)18(20)19(22)21-17-11-10-14-4-2-3-5-16(14)12-17/h2-9,17-18H,10-12,20H2,1H3,(H,21,22). The number of rotatable bonds is 3. The van der Waals surface area contributed by atoms with E-state index < -0.39 is 6.04 Å². The van der Waals surface area contributed by atoms with Crippen LogP contribution < -0.4 is 11.1 Å². The smallest absolute Gasteiger partial charge is 0.241 e. The van der Waals surface area contributed by atoms with Crippen LogP contribution in [0.4, 0.5) is 0 Å². The lowest BCUT2D eigenvalue weighted by molar-refractivity contribution is -0.123. The first-order valence-electron chi connectivity index (χ1n) is 7.83. The molecule has 0 saturated heterocycles. The Bertz CT molecular complexity index is 663. The quantitative estimate of drug-likeness (QED) is 0.914. The van der Waals surface area contributed by atoms with Crippen molar-refractivity contribution in [3.05, 3.63) is 70.8 Å². The molecule has 1 aliphatic carbocycles. The minimum absolute atomic E-state index is 0.0896. The van der Waals surface area contributed by atoms with Crippen LogP contribution in [-0.2, 0) is 17.6 Å². The van der Waals surface area contributed by atoms with Crippen LogP contribution in [0.3, 0.4) is 0 Å². The van der Waals surface area contributed by atoms with Crippen molar-refractivity contribution in [3.63, 3.8) is 0 Å². The van der Waals surface area contributed by atoms with Gasteiger partial charge in [-0.3, -0.25) is 4.79 Å². The molecular weight excluding hydrogens is 272 g/mol. The van der Waals surface area contributed by atoms with Gasteiger partial charge in [0.1, 0.15) is 6.04 Å². The average molecular weight is 294 g/mol. The Balaban J connectivity index is 1.64. The van der Waals surface area contributed by atoms with Crippen LogP contribution in [0.15, 0.2) is 48.5 Å². The number of aryl methyl sites for hydroxylation is 2. The second kappa shape index (κ2) is 6.32. The number of carbonyl (C=O) groups excluding carboxylic acids is 1. The summed E-state index contributed by atoms with van der Waals surface area (Å²) < 4.78 is 0. The lowest BCUT2D eigenvalue weighted by Crippen LogP contribution is -2.43. The highest BCUT2D eigenvalue weighted by Gasteiger charge is 2.23. The molecule has 2 aromatic carbocycles. The van der Waals surface area contributed by atoms with Gasteiger partial charge in [0.2, 0.25) is 5.91 Å². The summed E-state index contributed by atoms with van der Waals surface area (Å²) in [4.78, 5) is 12.4. The number of hydrogen-bond donors (Lipinski definition) is 2. The number of nitrogens with one attached hydrogen (secondary N) is 1. The van der Waals surface area contributed by atoms with E-state index in [-0.39, 0.29) is 11.9 Å². The number of amides is 1. The van der Waals surface area contributed by atoms with Gasteiger partial charge in [-0.25, -0.2) is 0 Å². The van der Waals surface area contributed by atoms with Crippen LogP contribution in [0.1, 0.15) is 34.7 Å². The van der Waals surface area contributed by atoms with Gasteiger partial charge in [0.15, 0.2) is 0 Å². The molecule has 0 heterocycles. The molecule has 22 heavy (non-hydrogen) atoms. The Kier molecular flexibility index (Phi) is 4.25. The summed E-state index contributed by atoms with van der Waals surface area (Å²) in [5, 5.41) is 3.11. The van der Waals surface area contributed by atoms with Gasteiger partial charge in [-0.15, -0.1) is 0 Å². The highest BCUT2D eigenvalue weighted by atomic mass is 16.2. The zero-order valence-electron chi connectivity index (χ0n) is 12.9. The summed E-state index contributed by atoms with van der Waals surface area (Å²) >= 11 is 0. The zero-order valence-corrected chi connectivity index (χ0v) is 12.9. The highest BCUT2D eigenvalue weighted by Crippen LogP contribution is 2.21.